The van der Waals surface area contributed by atoms with Crippen molar-refractivity contribution in [3.63, 3.8) is 0 Å². The Kier molecular flexibility index (Phi) is 16.1. The zero-order chi connectivity index (χ0) is 28.4. The topological polar surface area (TPSA) is 66.2 Å². The molecule has 5 aromatic rings. The van der Waals surface area contributed by atoms with Crippen LogP contribution in [0.4, 0.5) is 0 Å². The molecular formula is C36H38IrN2O2-2. The third-order valence-electron chi connectivity index (χ3n) is 6.11. The molecule has 1 radical (unpaired) electrons. The summed E-state index contributed by atoms with van der Waals surface area (Å²) in [5.41, 5.74) is 6.61. The summed E-state index contributed by atoms with van der Waals surface area (Å²) in [7, 11) is 0. The Morgan fingerprint density at radius 2 is 1.15 bits per heavy atom. The minimum absolute atomic E-state index is 0. The fourth-order valence-corrected chi connectivity index (χ4v) is 3.94. The standard InChI is InChI=1S/C14H22O2.2C11H8N.Ir/c1-3-12-4-6-13(7-5-12)8-9-14(16)10-11(2)15;2*1-2-6-10(7-3-1)11-8-4-5-9-12-11;/h4-7,11,14-16H,3,8-10H2,1-2H3;2*1-6,8-9H;/q;2*-1;. The molecule has 2 unspecified atom stereocenters. The number of aryl methyl sites for hydroxylation is 2. The second-order valence-electron chi connectivity index (χ2n) is 9.43. The van der Waals surface area contributed by atoms with Gasteiger partial charge in [-0.25, -0.2) is 0 Å². The van der Waals surface area contributed by atoms with Crippen LogP contribution >= 0.6 is 0 Å². The van der Waals surface area contributed by atoms with Gasteiger partial charge in [0.25, 0.3) is 0 Å². The molecule has 2 N–H and O–H groups in total. The van der Waals surface area contributed by atoms with E-state index in [1.807, 2.05) is 84.9 Å². The number of aromatic nitrogens is 2. The van der Waals surface area contributed by atoms with E-state index in [9.17, 15) is 5.11 Å². The number of hydrogen-bond acceptors (Lipinski definition) is 4. The van der Waals surface area contributed by atoms with Gasteiger partial charge in [-0.1, -0.05) is 55.5 Å². The molecule has 0 fully saturated rings. The first-order chi connectivity index (χ1) is 19.5. The summed E-state index contributed by atoms with van der Waals surface area (Å²) in [5.74, 6) is 0. The molecule has 0 aliphatic rings. The predicted molar refractivity (Wildman–Crippen MR) is 163 cm³/mol. The predicted octanol–water partition coefficient (Wildman–Crippen LogP) is 7.41. The average Bonchev–Trinajstić information content (AvgIpc) is 3.02. The van der Waals surface area contributed by atoms with Crippen LogP contribution in [-0.2, 0) is 32.9 Å². The van der Waals surface area contributed by atoms with Gasteiger partial charge in [0.05, 0.1) is 12.2 Å². The summed E-state index contributed by atoms with van der Waals surface area (Å²) >= 11 is 0. The first-order valence-corrected chi connectivity index (χ1v) is 13.7. The van der Waals surface area contributed by atoms with Crippen molar-refractivity contribution in [1.29, 1.82) is 0 Å². The van der Waals surface area contributed by atoms with Gasteiger partial charge < -0.3 is 20.2 Å². The number of rotatable bonds is 8. The zero-order valence-electron chi connectivity index (χ0n) is 23.7. The molecule has 5 heteroatoms. The van der Waals surface area contributed by atoms with E-state index in [1.54, 1.807) is 19.3 Å². The van der Waals surface area contributed by atoms with E-state index in [0.717, 1.165) is 41.8 Å². The molecule has 0 aliphatic carbocycles. The van der Waals surface area contributed by atoms with E-state index in [1.165, 1.54) is 11.1 Å². The number of benzene rings is 3. The Hall–Kier alpha value is -3.47. The second-order valence-corrected chi connectivity index (χ2v) is 9.43. The zero-order valence-corrected chi connectivity index (χ0v) is 26.0. The van der Waals surface area contributed by atoms with Gasteiger partial charge >= 0.3 is 0 Å². The molecule has 0 aliphatic heterocycles. The number of hydrogen-bond donors (Lipinski definition) is 2. The summed E-state index contributed by atoms with van der Waals surface area (Å²) in [5, 5.41) is 18.7. The van der Waals surface area contributed by atoms with Crippen molar-refractivity contribution in [2.24, 2.45) is 0 Å². The maximum absolute atomic E-state index is 9.62. The van der Waals surface area contributed by atoms with Crippen molar-refractivity contribution in [3.05, 3.63) is 145 Å². The van der Waals surface area contributed by atoms with Crippen LogP contribution in [0.15, 0.2) is 122 Å². The minimum Gasteiger partial charge on any atom is -0.393 e. The van der Waals surface area contributed by atoms with Crippen molar-refractivity contribution in [2.75, 3.05) is 0 Å². The maximum atomic E-state index is 9.62. The van der Waals surface area contributed by atoms with Crippen LogP contribution in [0.25, 0.3) is 22.5 Å². The Balaban J connectivity index is 0.000000215. The Morgan fingerprint density at radius 3 is 1.54 bits per heavy atom. The molecule has 2 atom stereocenters. The normalized spacial score (nSPS) is 11.4. The molecule has 5 rings (SSSR count). The van der Waals surface area contributed by atoms with Gasteiger partial charge in [0.15, 0.2) is 0 Å². The molecule has 0 spiro atoms. The first kappa shape index (κ1) is 33.7. The molecule has 2 heterocycles. The van der Waals surface area contributed by atoms with Crippen LogP contribution in [0.2, 0.25) is 0 Å². The summed E-state index contributed by atoms with van der Waals surface area (Å²) in [6.07, 6.45) is 5.88. The molecule has 4 nitrogen and oxygen atoms in total. The second kappa shape index (κ2) is 19.6. The Bertz CT molecular complexity index is 1170. The van der Waals surface area contributed by atoms with E-state index in [4.69, 9.17) is 5.11 Å². The molecule has 41 heavy (non-hydrogen) atoms. The van der Waals surface area contributed by atoms with E-state index in [-0.39, 0.29) is 20.1 Å². The molecule has 2 aromatic heterocycles. The van der Waals surface area contributed by atoms with Crippen LogP contribution in [-0.4, -0.2) is 32.4 Å². The van der Waals surface area contributed by atoms with Gasteiger partial charge in [0.1, 0.15) is 0 Å². The number of pyridine rings is 2. The minimum atomic E-state index is -0.419. The van der Waals surface area contributed by atoms with Crippen LogP contribution in [0.1, 0.15) is 37.8 Å². The average molecular weight is 723 g/mol. The number of nitrogens with zero attached hydrogens (tertiary/aromatic N) is 2. The van der Waals surface area contributed by atoms with Crippen molar-refractivity contribution >= 4 is 0 Å². The summed E-state index contributed by atoms with van der Waals surface area (Å²) in [6, 6.07) is 42.1. The van der Waals surface area contributed by atoms with Crippen LogP contribution in [0, 0.1) is 12.1 Å². The van der Waals surface area contributed by atoms with Crippen molar-refractivity contribution < 1.29 is 30.3 Å². The summed E-state index contributed by atoms with van der Waals surface area (Å²) in [4.78, 5) is 8.44. The summed E-state index contributed by atoms with van der Waals surface area (Å²) in [6.45, 7) is 3.85. The van der Waals surface area contributed by atoms with Crippen LogP contribution < -0.4 is 0 Å². The van der Waals surface area contributed by atoms with Gasteiger partial charge in [-0.15, -0.1) is 71.8 Å². The van der Waals surface area contributed by atoms with Gasteiger partial charge in [-0.3, -0.25) is 0 Å². The van der Waals surface area contributed by atoms with E-state index in [2.05, 4.69) is 53.3 Å². The fourth-order valence-electron chi connectivity index (χ4n) is 3.94. The quantitative estimate of drug-likeness (QED) is 0.164. The van der Waals surface area contributed by atoms with Crippen LogP contribution in [0.5, 0.6) is 0 Å². The Morgan fingerprint density at radius 1 is 0.659 bits per heavy atom. The first-order valence-electron chi connectivity index (χ1n) is 13.7. The van der Waals surface area contributed by atoms with Gasteiger partial charge in [-0.05, 0) is 67.3 Å². The molecule has 0 amide bonds. The van der Waals surface area contributed by atoms with Gasteiger partial charge in [-0.2, -0.15) is 0 Å². The van der Waals surface area contributed by atoms with Crippen molar-refractivity contribution in [3.8, 4) is 22.5 Å². The van der Waals surface area contributed by atoms with Crippen molar-refractivity contribution in [1.82, 2.24) is 9.97 Å². The molecule has 0 saturated heterocycles. The molecule has 215 valence electrons. The van der Waals surface area contributed by atoms with Crippen LogP contribution in [0.3, 0.4) is 0 Å². The SMILES string of the molecule is CCc1ccc(CCC(O)CC(C)O)cc1.[Ir].[c-]1ccccc1-c1ccccn1.[c-]1ccccc1-c1ccccn1. The Labute approximate surface area is 258 Å². The molecular weight excluding hydrogens is 685 g/mol. The van der Waals surface area contributed by atoms with E-state index >= 15 is 0 Å². The smallest absolute Gasteiger partial charge is 0.0567 e. The summed E-state index contributed by atoms with van der Waals surface area (Å²) < 4.78 is 0. The third-order valence-corrected chi connectivity index (χ3v) is 6.11. The third kappa shape index (κ3) is 13.2. The largest absolute Gasteiger partial charge is 0.393 e. The monoisotopic (exact) mass is 723 g/mol. The van der Waals surface area contributed by atoms with E-state index < -0.39 is 12.2 Å². The van der Waals surface area contributed by atoms with Crippen molar-refractivity contribution in [2.45, 2.75) is 51.7 Å². The number of aliphatic hydroxyl groups is 2. The van der Waals surface area contributed by atoms with Gasteiger partial charge in [0, 0.05) is 32.5 Å². The molecule has 3 aromatic carbocycles. The van der Waals surface area contributed by atoms with Gasteiger partial charge in [0.2, 0.25) is 0 Å². The molecule has 0 bridgehead atoms. The maximum Gasteiger partial charge on any atom is 0.0567 e. The molecule has 0 saturated carbocycles. The number of aliphatic hydroxyl groups excluding tert-OH is 2. The van der Waals surface area contributed by atoms with E-state index in [0.29, 0.717) is 6.42 Å². The fraction of sp³-hybridized carbons (Fsp3) is 0.222.